The fourth-order valence-corrected chi connectivity index (χ4v) is 2.35. The first-order valence-electron chi connectivity index (χ1n) is 6.34. The van der Waals surface area contributed by atoms with Gasteiger partial charge in [0.15, 0.2) is 5.78 Å². The molecule has 1 saturated heterocycles. The summed E-state index contributed by atoms with van der Waals surface area (Å²) >= 11 is 0. The molecule has 1 fully saturated rings. The zero-order valence-electron chi connectivity index (χ0n) is 10.9. The number of rotatable bonds is 4. The zero-order chi connectivity index (χ0) is 13.8. The molecule has 104 valence electrons. The van der Waals surface area contributed by atoms with Crippen molar-refractivity contribution in [3.8, 4) is 0 Å². The number of piperidine rings is 1. The fraction of sp³-hybridized carbons (Fsp3) is 0.500. The summed E-state index contributed by atoms with van der Waals surface area (Å²) in [6.07, 6.45) is 1.89. The largest absolute Gasteiger partial charge is 0.381 e. The van der Waals surface area contributed by atoms with Gasteiger partial charge in [-0.3, -0.25) is 9.69 Å². The van der Waals surface area contributed by atoms with E-state index in [0.29, 0.717) is 13.1 Å². The Bertz CT molecular complexity index is 437. The molecule has 19 heavy (non-hydrogen) atoms. The first kappa shape index (κ1) is 14.1. The maximum atomic E-state index is 13.5. The molecule has 0 saturated carbocycles. The maximum Gasteiger partial charge on any atom is 0.182 e. The monoisotopic (exact) mass is 269 g/mol. The minimum atomic E-state index is -0.795. The molecular weight excluding hydrogens is 252 g/mol. The van der Waals surface area contributed by atoms with Crippen LogP contribution in [0.15, 0.2) is 18.2 Å². The second kappa shape index (κ2) is 6.21. The first-order chi connectivity index (χ1) is 9.11. The van der Waals surface area contributed by atoms with Crippen LogP contribution in [-0.2, 0) is 4.74 Å². The van der Waals surface area contributed by atoms with Crippen molar-refractivity contribution >= 4 is 5.78 Å². The highest BCUT2D eigenvalue weighted by atomic mass is 19.1. The average molecular weight is 269 g/mol. The number of ketones is 1. The molecule has 5 heteroatoms. The van der Waals surface area contributed by atoms with Crippen LogP contribution in [0.5, 0.6) is 0 Å². The normalized spacial score (nSPS) is 17.6. The van der Waals surface area contributed by atoms with E-state index in [1.54, 1.807) is 7.11 Å². The summed E-state index contributed by atoms with van der Waals surface area (Å²) in [7, 11) is 1.67. The number of likely N-dealkylation sites (tertiary alicyclic amines) is 1. The number of hydrogen-bond acceptors (Lipinski definition) is 3. The topological polar surface area (TPSA) is 29.5 Å². The second-order valence-electron chi connectivity index (χ2n) is 4.73. The van der Waals surface area contributed by atoms with Gasteiger partial charge < -0.3 is 4.74 Å². The Morgan fingerprint density at radius 1 is 1.32 bits per heavy atom. The van der Waals surface area contributed by atoms with E-state index >= 15 is 0 Å². The Morgan fingerprint density at radius 2 is 1.89 bits per heavy atom. The van der Waals surface area contributed by atoms with Crippen molar-refractivity contribution in [2.75, 3.05) is 26.7 Å². The van der Waals surface area contributed by atoms with Crippen molar-refractivity contribution in [2.45, 2.75) is 18.9 Å². The molecule has 1 aromatic carbocycles. The molecule has 0 bridgehead atoms. The van der Waals surface area contributed by atoms with E-state index < -0.39 is 23.0 Å². The molecule has 0 aromatic heterocycles. The summed E-state index contributed by atoms with van der Waals surface area (Å²) in [5, 5.41) is 0. The Hall–Kier alpha value is -1.33. The van der Waals surface area contributed by atoms with Crippen molar-refractivity contribution in [2.24, 2.45) is 0 Å². The van der Waals surface area contributed by atoms with E-state index in [1.807, 2.05) is 4.90 Å². The SMILES string of the molecule is COC1CCN(CC(=O)c2c(F)cccc2F)CC1. The number of Topliss-reactive ketones (excluding diaryl/α,β-unsaturated/α-hetero) is 1. The number of carbonyl (C=O) groups excluding carboxylic acids is 1. The summed E-state index contributed by atoms with van der Waals surface area (Å²) in [4.78, 5) is 13.9. The highest BCUT2D eigenvalue weighted by Gasteiger charge is 2.23. The lowest BCUT2D eigenvalue weighted by Crippen LogP contribution is -2.39. The number of halogens is 2. The minimum Gasteiger partial charge on any atom is -0.381 e. The van der Waals surface area contributed by atoms with Crippen LogP contribution in [0, 0.1) is 11.6 Å². The molecule has 1 heterocycles. The van der Waals surface area contributed by atoms with Crippen molar-refractivity contribution in [1.82, 2.24) is 4.90 Å². The first-order valence-corrected chi connectivity index (χ1v) is 6.34. The van der Waals surface area contributed by atoms with Crippen molar-refractivity contribution in [3.63, 3.8) is 0 Å². The molecule has 0 N–H and O–H groups in total. The highest BCUT2D eigenvalue weighted by Crippen LogP contribution is 2.16. The Balaban J connectivity index is 1.98. The van der Waals surface area contributed by atoms with Gasteiger partial charge in [0.05, 0.1) is 18.2 Å². The number of hydrogen-bond donors (Lipinski definition) is 0. The van der Waals surface area contributed by atoms with Crippen LogP contribution in [0.25, 0.3) is 0 Å². The van der Waals surface area contributed by atoms with Gasteiger partial charge in [-0.25, -0.2) is 8.78 Å². The maximum absolute atomic E-state index is 13.5. The third kappa shape index (κ3) is 3.36. The summed E-state index contributed by atoms with van der Waals surface area (Å²) in [6.45, 7) is 1.47. The van der Waals surface area contributed by atoms with Crippen LogP contribution in [0.3, 0.4) is 0 Å². The molecular formula is C14H17F2NO2. The number of ether oxygens (including phenoxy) is 1. The summed E-state index contributed by atoms with van der Waals surface area (Å²) in [6, 6.07) is 3.46. The van der Waals surface area contributed by atoms with E-state index in [4.69, 9.17) is 4.74 Å². The van der Waals surface area contributed by atoms with Crippen molar-refractivity contribution < 1.29 is 18.3 Å². The molecule has 0 spiro atoms. The van der Waals surface area contributed by atoms with E-state index in [9.17, 15) is 13.6 Å². The van der Waals surface area contributed by atoms with Crippen LogP contribution in [-0.4, -0.2) is 43.5 Å². The van der Waals surface area contributed by atoms with Gasteiger partial charge in [0.25, 0.3) is 0 Å². The van der Waals surface area contributed by atoms with Crippen LogP contribution < -0.4 is 0 Å². The van der Waals surface area contributed by atoms with E-state index in [0.717, 1.165) is 25.0 Å². The standard InChI is InChI=1S/C14H17F2NO2/c1-19-10-5-7-17(8-6-10)9-13(18)14-11(15)3-2-4-12(14)16/h2-4,10H,5-9H2,1H3. The Labute approximate surface area is 111 Å². The lowest BCUT2D eigenvalue weighted by Gasteiger charge is -2.30. The molecule has 2 rings (SSSR count). The summed E-state index contributed by atoms with van der Waals surface area (Å²) in [5.74, 6) is -2.10. The molecule has 1 aliphatic heterocycles. The molecule has 1 aliphatic rings. The van der Waals surface area contributed by atoms with Crippen LogP contribution in [0.4, 0.5) is 8.78 Å². The zero-order valence-corrected chi connectivity index (χ0v) is 10.9. The quantitative estimate of drug-likeness (QED) is 0.785. The van der Waals surface area contributed by atoms with E-state index in [1.165, 1.54) is 6.07 Å². The van der Waals surface area contributed by atoms with Gasteiger partial charge in [0, 0.05) is 20.2 Å². The Morgan fingerprint density at radius 3 is 2.42 bits per heavy atom. The highest BCUT2D eigenvalue weighted by molar-refractivity contribution is 5.98. The average Bonchev–Trinajstić information content (AvgIpc) is 2.39. The molecule has 0 unspecified atom stereocenters. The van der Waals surface area contributed by atoms with Gasteiger partial charge in [-0.2, -0.15) is 0 Å². The molecule has 0 atom stereocenters. The Kier molecular flexibility index (Phi) is 4.61. The van der Waals surface area contributed by atoms with Crippen LogP contribution in [0.1, 0.15) is 23.2 Å². The van der Waals surface area contributed by atoms with E-state index in [-0.39, 0.29) is 12.6 Å². The molecule has 3 nitrogen and oxygen atoms in total. The van der Waals surface area contributed by atoms with Gasteiger partial charge in [0.1, 0.15) is 11.6 Å². The predicted molar refractivity (Wildman–Crippen MR) is 67.2 cm³/mol. The minimum absolute atomic E-state index is 0.0499. The number of methoxy groups -OCH3 is 1. The van der Waals surface area contributed by atoms with Gasteiger partial charge >= 0.3 is 0 Å². The third-order valence-electron chi connectivity index (χ3n) is 3.48. The number of nitrogens with zero attached hydrogens (tertiary/aromatic N) is 1. The number of benzene rings is 1. The van der Waals surface area contributed by atoms with Crippen LogP contribution in [0.2, 0.25) is 0 Å². The van der Waals surface area contributed by atoms with Gasteiger partial charge in [-0.1, -0.05) is 6.07 Å². The van der Waals surface area contributed by atoms with Crippen molar-refractivity contribution in [1.29, 1.82) is 0 Å². The summed E-state index contributed by atoms with van der Waals surface area (Å²) < 4.78 is 32.2. The van der Waals surface area contributed by atoms with Crippen LogP contribution >= 0.6 is 0 Å². The smallest absolute Gasteiger partial charge is 0.182 e. The van der Waals surface area contributed by atoms with Crippen molar-refractivity contribution in [3.05, 3.63) is 35.4 Å². The second-order valence-corrected chi connectivity index (χ2v) is 4.73. The summed E-state index contributed by atoms with van der Waals surface area (Å²) in [5.41, 5.74) is -0.434. The molecule has 0 aliphatic carbocycles. The lowest BCUT2D eigenvalue weighted by molar-refractivity contribution is 0.0400. The van der Waals surface area contributed by atoms with Gasteiger partial charge in [-0.15, -0.1) is 0 Å². The lowest BCUT2D eigenvalue weighted by atomic mass is 10.1. The van der Waals surface area contributed by atoms with Gasteiger partial charge in [-0.05, 0) is 25.0 Å². The molecule has 0 amide bonds. The predicted octanol–water partition coefficient (Wildman–Crippen LogP) is 2.26. The fourth-order valence-electron chi connectivity index (χ4n) is 2.35. The van der Waals surface area contributed by atoms with Gasteiger partial charge in [0.2, 0.25) is 0 Å². The molecule has 1 aromatic rings. The number of carbonyl (C=O) groups is 1. The van der Waals surface area contributed by atoms with E-state index in [2.05, 4.69) is 0 Å². The molecule has 0 radical (unpaired) electrons. The third-order valence-corrected chi connectivity index (χ3v) is 3.48.